The van der Waals surface area contributed by atoms with Crippen LogP contribution in [0.2, 0.25) is 0 Å². The van der Waals surface area contributed by atoms with Crippen molar-refractivity contribution in [3.8, 4) is 5.75 Å². The molecule has 0 amide bonds. The summed E-state index contributed by atoms with van der Waals surface area (Å²) in [5.74, 6) is 2.82. The second-order valence-electron chi connectivity index (χ2n) is 5.57. The van der Waals surface area contributed by atoms with Crippen LogP contribution in [0.5, 0.6) is 5.75 Å². The third-order valence-electron chi connectivity index (χ3n) is 3.43. The van der Waals surface area contributed by atoms with Gasteiger partial charge in [0.2, 0.25) is 0 Å². The van der Waals surface area contributed by atoms with Gasteiger partial charge in [0.15, 0.2) is 0 Å². The van der Waals surface area contributed by atoms with Gasteiger partial charge in [-0.2, -0.15) is 0 Å². The largest absolute Gasteiger partial charge is 0.492 e. The molecule has 1 unspecified atom stereocenters. The summed E-state index contributed by atoms with van der Waals surface area (Å²) in [4.78, 5) is 4.68. The number of para-hydroxylation sites is 1. The van der Waals surface area contributed by atoms with Crippen LogP contribution >= 0.6 is 11.6 Å². The number of ether oxygens (including phenoxy) is 1. The molecular formula is C16H23ClN2O. The molecule has 1 aromatic carbocycles. The van der Waals surface area contributed by atoms with Crippen molar-refractivity contribution >= 4 is 22.6 Å². The Balaban J connectivity index is 2.54. The first kappa shape index (κ1) is 15.2. The summed E-state index contributed by atoms with van der Waals surface area (Å²) in [6, 6.07) is 6.46. The van der Waals surface area contributed by atoms with Crippen LogP contribution < -0.4 is 4.74 Å². The molecule has 0 radical (unpaired) electrons. The van der Waals surface area contributed by atoms with Gasteiger partial charge in [0, 0.05) is 6.04 Å². The van der Waals surface area contributed by atoms with Gasteiger partial charge in [-0.15, -0.1) is 11.6 Å². The maximum atomic E-state index is 6.09. The quantitative estimate of drug-likeness (QED) is 0.717. The molecule has 2 aromatic rings. The standard InChI is InChI=1S/C16H23ClN2O/c1-5-20-14-8-6-7-13-16(14)18-15(10-17)19(13)12(4)9-11(2)3/h6-8,11-12H,5,9-10H2,1-4H3. The van der Waals surface area contributed by atoms with Gasteiger partial charge in [0.05, 0.1) is 18.0 Å². The number of alkyl halides is 1. The van der Waals surface area contributed by atoms with Crippen molar-refractivity contribution in [2.24, 2.45) is 5.92 Å². The topological polar surface area (TPSA) is 27.1 Å². The lowest BCUT2D eigenvalue weighted by Crippen LogP contribution is -2.10. The molecule has 0 saturated carbocycles. The van der Waals surface area contributed by atoms with E-state index in [1.165, 1.54) is 0 Å². The van der Waals surface area contributed by atoms with Gasteiger partial charge in [0.1, 0.15) is 17.1 Å². The summed E-state index contributed by atoms with van der Waals surface area (Å²) >= 11 is 6.09. The molecule has 0 saturated heterocycles. The normalized spacial score (nSPS) is 13.1. The molecule has 0 fully saturated rings. The molecule has 110 valence electrons. The van der Waals surface area contributed by atoms with E-state index in [1.54, 1.807) is 0 Å². The molecule has 1 aromatic heterocycles. The maximum absolute atomic E-state index is 6.09. The average molecular weight is 295 g/mol. The summed E-state index contributed by atoms with van der Waals surface area (Å²) in [5, 5.41) is 0. The number of halogens is 1. The van der Waals surface area contributed by atoms with Crippen LogP contribution in [0.4, 0.5) is 0 Å². The van der Waals surface area contributed by atoms with E-state index < -0.39 is 0 Å². The number of nitrogens with zero attached hydrogens (tertiary/aromatic N) is 2. The van der Waals surface area contributed by atoms with Crippen LogP contribution in [-0.2, 0) is 5.88 Å². The Morgan fingerprint density at radius 1 is 1.30 bits per heavy atom. The van der Waals surface area contributed by atoms with Crippen molar-refractivity contribution in [2.45, 2.75) is 46.0 Å². The second-order valence-corrected chi connectivity index (χ2v) is 5.83. The third-order valence-corrected chi connectivity index (χ3v) is 3.67. The number of fused-ring (bicyclic) bond motifs is 1. The molecular weight excluding hydrogens is 272 g/mol. The van der Waals surface area contributed by atoms with E-state index in [1.807, 2.05) is 19.1 Å². The lowest BCUT2D eigenvalue weighted by molar-refractivity contribution is 0.343. The van der Waals surface area contributed by atoms with Crippen molar-refractivity contribution in [3.63, 3.8) is 0 Å². The Morgan fingerprint density at radius 2 is 2.05 bits per heavy atom. The lowest BCUT2D eigenvalue weighted by Gasteiger charge is -2.19. The van der Waals surface area contributed by atoms with E-state index in [-0.39, 0.29) is 0 Å². The first-order valence-corrected chi connectivity index (χ1v) is 7.80. The second kappa shape index (κ2) is 6.49. The highest BCUT2D eigenvalue weighted by molar-refractivity contribution is 6.16. The van der Waals surface area contributed by atoms with Crippen molar-refractivity contribution in [2.75, 3.05) is 6.61 Å². The smallest absolute Gasteiger partial charge is 0.147 e. The van der Waals surface area contributed by atoms with Gasteiger partial charge < -0.3 is 9.30 Å². The van der Waals surface area contributed by atoms with Gasteiger partial charge in [-0.3, -0.25) is 0 Å². The first-order chi connectivity index (χ1) is 9.58. The molecule has 0 aliphatic rings. The van der Waals surface area contributed by atoms with Gasteiger partial charge >= 0.3 is 0 Å². The number of imidazole rings is 1. The predicted octanol–water partition coefficient (Wildman–Crippen LogP) is 4.78. The Hall–Kier alpha value is -1.22. The van der Waals surface area contributed by atoms with Crippen molar-refractivity contribution in [1.82, 2.24) is 9.55 Å². The number of rotatable bonds is 6. The minimum Gasteiger partial charge on any atom is -0.492 e. The Morgan fingerprint density at radius 3 is 2.65 bits per heavy atom. The molecule has 0 bridgehead atoms. The summed E-state index contributed by atoms with van der Waals surface area (Å²) in [7, 11) is 0. The summed E-state index contributed by atoms with van der Waals surface area (Å²) in [5.41, 5.74) is 2.03. The molecule has 4 heteroatoms. The van der Waals surface area contributed by atoms with E-state index in [4.69, 9.17) is 16.3 Å². The zero-order valence-corrected chi connectivity index (χ0v) is 13.4. The maximum Gasteiger partial charge on any atom is 0.147 e. The minimum absolute atomic E-state index is 0.380. The Labute approximate surface area is 125 Å². The van der Waals surface area contributed by atoms with Crippen LogP contribution in [0, 0.1) is 5.92 Å². The molecule has 20 heavy (non-hydrogen) atoms. The molecule has 1 heterocycles. The Kier molecular flexibility index (Phi) is 4.92. The van der Waals surface area contributed by atoms with E-state index in [9.17, 15) is 0 Å². The molecule has 1 atom stereocenters. The van der Waals surface area contributed by atoms with Gasteiger partial charge in [0.25, 0.3) is 0 Å². The highest BCUT2D eigenvalue weighted by Gasteiger charge is 2.18. The minimum atomic E-state index is 0.380. The van der Waals surface area contributed by atoms with Crippen molar-refractivity contribution < 1.29 is 4.74 Å². The SMILES string of the molecule is CCOc1cccc2c1nc(CCl)n2C(C)CC(C)C. The highest BCUT2D eigenvalue weighted by Crippen LogP contribution is 2.31. The molecule has 0 aliphatic heterocycles. The number of hydrogen-bond acceptors (Lipinski definition) is 2. The lowest BCUT2D eigenvalue weighted by atomic mass is 10.0. The molecule has 0 aliphatic carbocycles. The fourth-order valence-electron chi connectivity index (χ4n) is 2.79. The fourth-order valence-corrected chi connectivity index (χ4v) is 2.97. The number of hydrogen-bond donors (Lipinski definition) is 0. The van der Waals surface area contributed by atoms with Gasteiger partial charge in [-0.25, -0.2) is 4.98 Å². The van der Waals surface area contributed by atoms with Crippen LogP contribution in [0.15, 0.2) is 18.2 Å². The first-order valence-electron chi connectivity index (χ1n) is 7.27. The Bertz CT molecular complexity index is 577. The van der Waals surface area contributed by atoms with E-state index in [2.05, 4.69) is 36.4 Å². The predicted molar refractivity (Wildman–Crippen MR) is 84.6 cm³/mol. The summed E-state index contributed by atoms with van der Waals surface area (Å²) in [6.45, 7) is 9.33. The summed E-state index contributed by atoms with van der Waals surface area (Å²) < 4.78 is 7.93. The van der Waals surface area contributed by atoms with Crippen LogP contribution in [0.1, 0.15) is 46.0 Å². The van der Waals surface area contributed by atoms with E-state index >= 15 is 0 Å². The van der Waals surface area contributed by atoms with Crippen LogP contribution in [-0.4, -0.2) is 16.2 Å². The molecule has 3 nitrogen and oxygen atoms in total. The van der Waals surface area contributed by atoms with Crippen LogP contribution in [0.3, 0.4) is 0 Å². The average Bonchev–Trinajstić information content (AvgIpc) is 2.77. The monoisotopic (exact) mass is 294 g/mol. The van der Waals surface area contributed by atoms with Gasteiger partial charge in [-0.1, -0.05) is 19.9 Å². The number of benzene rings is 1. The van der Waals surface area contributed by atoms with Gasteiger partial charge in [-0.05, 0) is 38.3 Å². The van der Waals surface area contributed by atoms with Crippen molar-refractivity contribution in [1.29, 1.82) is 0 Å². The van der Waals surface area contributed by atoms with E-state index in [0.29, 0.717) is 24.4 Å². The van der Waals surface area contributed by atoms with Crippen molar-refractivity contribution in [3.05, 3.63) is 24.0 Å². The summed E-state index contributed by atoms with van der Waals surface area (Å²) in [6.07, 6.45) is 1.11. The number of aromatic nitrogens is 2. The van der Waals surface area contributed by atoms with E-state index in [0.717, 1.165) is 29.0 Å². The zero-order valence-electron chi connectivity index (χ0n) is 12.7. The highest BCUT2D eigenvalue weighted by atomic mass is 35.5. The molecule has 2 rings (SSSR count). The third kappa shape index (κ3) is 2.93. The molecule has 0 N–H and O–H groups in total. The van der Waals surface area contributed by atoms with Crippen LogP contribution in [0.25, 0.3) is 11.0 Å². The molecule has 0 spiro atoms. The fraction of sp³-hybridized carbons (Fsp3) is 0.562. The zero-order chi connectivity index (χ0) is 14.7.